The van der Waals surface area contributed by atoms with Crippen molar-refractivity contribution in [1.29, 1.82) is 0 Å². The van der Waals surface area contributed by atoms with Crippen LogP contribution in [0.25, 0.3) is 0 Å². The van der Waals surface area contributed by atoms with E-state index >= 15 is 0 Å². The predicted molar refractivity (Wildman–Crippen MR) is 22.0 cm³/mol. The normalized spacial score (nSPS) is 16.5. The average Bonchev–Trinajstić information content (AvgIpc) is 1.31. The van der Waals surface area contributed by atoms with Gasteiger partial charge in [-0.15, -0.1) is 0 Å². The summed E-state index contributed by atoms with van der Waals surface area (Å²) in [4.78, 5) is 3.90. The summed E-state index contributed by atoms with van der Waals surface area (Å²) in [5, 5.41) is 0. The summed E-state index contributed by atoms with van der Waals surface area (Å²) in [7, 11) is 0. The highest BCUT2D eigenvalue weighted by Crippen LogP contribution is 1.71. The zero-order valence-electron chi connectivity index (χ0n) is 3.89. The SMILES string of the molecule is CC[N+]1=[N+]=CC1. The molecule has 0 aliphatic carbocycles. The molecular formula is C4H8N2+2. The molecule has 0 bridgehead atoms. The Labute approximate surface area is 36.8 Å². The van der Waals surface area contributed by atoms with Gasteiger partial charge in [0, 0.05) is 6.92 Å². The smallest absolute Gasteiger partial charge is 0.00185 e. The first-order chi connectivity index (χ1) is 2.93. The number of hydrogen-bond acceptors (Lipinski definition) is 0. The summed E-state index contributed by atoms with van der Waals surface area (Å²) in [6, 6.07) is 0. The Morgan fingerprint density at radius 3 is 2.67 bits per heavy atom. The first-order valence-electron chi connectivity index (χ1n) is 2.21. The standard InChI is InChI=1S/C4H8N2/c1-2-6-4-3-5-6/h3H,2,4H2,1H3/q+2. The molecule has 0 radical (unpaired) electrons. The van der Waals surface area contributed by atoms with Crippen LogP contribution in [-0.2, 0) is 0 Å². The minimum absolute atomic E-state index is 1.05. The van der Waals surface area contributed by atoms with E-state index in [1.807, 2.05) is 10.9 Å². The third kappa shape index (κ3) is 0.352. The Morgan fingerprint density at radius 2 is 2.67 bits per heavy atom. The number of hydrogen-bond donors (Lipinski definition) is 0. The molecule has 0 fully saturated rings. The molecule has 2 heteroatoms. The molecule has 0 atom stereocenters. The van der Waals surface area contributed by atoms with Crippen molar-refractivity contribution in [1.82, 2.24) is 0 Å². The van der Waals surface area contributed by atoms with Crippen molar-refractivity contribution in [3.8, 4) is 0 Å². The first kappa shape index (κ1) is 3.57. The second-order valence-corrected chi connectivity index (χ2v) is 1.30. The van der Waals surface area contributed by atoms with Gasteiger partial charge < -0.3 is 0 Å². The van der Waals surface area contributed by atoms with E-state index in [-0.39, 0.29) is 0 Å². The van der Waals surface area contributed by atoms with Gasteiger partial charge in [-0.2, -0.15) is 0 Å². The van der Waals surface area contributed by atoms with Crippen LogP contribution in [0.2, 0.25) is 0 Å². The summed E-state index contributed by atoms with van der Waals surface area (Å²) < 4.78 is 2.00. The van der Waals surface area contributed by atoms with Gasteiger partial charge in [-0.25, -0.2) is 0 Å². The summed E-state index contributed by atoms with van der Waals surface area (Å²) >= 11 is 0. The van der Waals surface area contributed by atoms with Gasteiger partial charge in [0.25, 0.3) is 0 Å². The van der Waals surface area contributed by atoms with Gasteiger partial charge in [-0.1, -0.05) is 0 Å². The second kappa shape index (κ2) is 1.23. The van der Waals surface area contributed by atoms with Gasteiger partial charge in [-0.05, 0) is 0 Å². The summed E-state index contributed by atoms with van der Waals surface area (Å²) in [5.41, 5.74) is 0. The van der Waals surface area contributed by atoms with Gasteiger partial charge in [0.15, 0.2) is 4.79 Å². The fourth-order valence-corrected chi connectivity index (χ4v) is 0.408. The van der Waals surface area contributed by atoms with Crippen molar-refractivity contribution in [3.63, 3.8) is 0 Å². The van der Waals surface area contributed by atoms with Gasteiger partial charge in [0.05, 0.1) is 0 Å². The van der Waals surface area contributed by atoms with Crippen LogP contribution in [-0.4, -0.2) is 28.8 Å². The van der Waals surface area contributed by atoms with E-state index < -0.39 is 0 Å². The largest absolute Gasteiger partial charge is 0.423 e. The van der Waals surface area contributed by atoms with E-state index in [0.29, 0.717) is 0 Å². The Balaban J connectivity index is 2.54. The fourth-order valence-electron chi connectivity index (χ4n) is 0.408. The lowest BCUT2D eigenvalue weighted by atomic mass is 10.6. The fraction of sp³-hybridized carbons (Fsp3) is 0.750. The topological polar surface area (TPSA) is 17.1 Å². The maximum Gasteiger partial charge on any atom is 0.423 e. The second-order valence-electron chi connectivity index (χ2n) is 1.30. The first-order valence-corrected chi connectivity index (χ1v) is 2.21. The minimum atomic E-state index is 1.05. The lowest BCUT2D eigenvalue weighted by Crippen LogP contribution is -2.22. The molecule has 2 nitrogen and oxygen atoms in total. The third-order valence-corrected chi connectivity index (χ3v) is 0.902. The zero-order valence-corrected chi connectivity index (χ0v) is 3.89. The van der Waals surface area contributed by atoms with E-state index in [1.165, 1.54) is 0 Å². The molecule has 0 amide bonds. The van der Waals surface area contributed by atoms with Crippen molar-refractivity contribution in [3.05, 3.63) is 0 Å². The highest BCUT2D eigenvalue weighted by Gasteiger charge is 2.19. The molecule has 32 valence electrons. The molecule has 0 aromatic rings. The summed E-state index contributed by atoms with van der Waals surface area (Å²) in [6.07, 6.45) is 1.91. The molecule has 6 heavy (non-hydrogen) atoms. The van der Waals surface area contributed by atoms with E-state index in [2.05, 4.69) is 11.7 Å². The van der Waals surface area contributed by atoms with Crippen molar-refractivity contribution in [2.75, 3.05) is 13.1 Å². The maximum atomic E-state index is 3.90. The van der Waals surface area contributed by atoms with Crippen LogP contribution in [0.5, 0.6) is 0 Å². The van der Waals surface area contributed by atoms with Crippen molar-refractivity contribution in [2.24, 2.45) is 0 Å². The highest BCUT2D eigenvalue weighted by molar-refractivity contribution is 5.51. The van der Waals surface area contributed by atoms with Gasteiger partial charge in [-0.3, -0.25) is 0 Å². The molecule has 1 aliphatic rings. The van der Waals surface area contributed by atoms with E-state index in [0.717, 1.165) is 13.1 Å². The van der Waals surface area contributed by atoms with Crippen LogP contribution in [0.15, 0.2) is 0 Å². The van der Waals surface area contributed by atoms with Crippen LogP contribution in [0.1, 0.15) is 6.92 Å². The summed E-state index contributed by atoms with van der Waals surface area (Å²) in [5.74, 6) is 0. The molecule has 1 rings (SSSR count). The Hall–Kier alpha value is -0.620. The molecule has 0 N–H and O–H groups in total. The lowest BCUT2D eigenvalue weighted by molar-refractivity contribution is -0.863. The molecular weight excluding hydrogens is 76.1 g/mol. The van der Waals surface area contributed by atoms with E-state index in [1.54, 1.807) is 0 Å². The van der Waals surface area contributed by atoms with Crippen LogP contribution in [0.3, 0.4) is 0 Å². The minimum Gasteiger partial charge on any atom is 0.00185 e. The van der Waals surface area contributed by atoms with Crippen LogP contribution in [0, 0.1) is 0 Å². The number of rotatable bonds is 1. The third-order valence-electron chi connectivity index (χ3n) is 0.902. The average molecular weight is 84.1 g/mol. The van der Waals surface area contributed by atoms with E-state index in [9.17, 15) is 0 Å². The van der Waals surface area contributed by atoms with E-state index in [4.69, 9.17) is 0 Å². The van der Waals surface area contributed by atoms with Gasteiger partial charge in [0.1, 0.15) is 4.70 Å². The van der Waals surface area contributed by atoms with Gasteiger partial charge in [0.2, 0.25) is 6.54 Å². The summed E-state index contributed by atoms with van der Waals surface area (Å²) in [6.45, 7) is 4.20. The van der Waals surface area contributed by atoms with Crippen LogP contribution < -0.4 is 0 Å². The van der Waals surface area contributed by atoms with Crippen LogP contribution in [0.4, 0.5) is 0 Å². The lowest BCUT2D eigenvalue weighted by Gasteiger charge is -1.74. The molecule has 0 saturated heterocycles. The predicted octanol–water partition coefficient (Wildman–Crippen LogP) is -0.236. The molecule has 0 spiro atoms. The monoisotopic (exact) mass is 84.1 g/mol. The Bertz CT molecular complexity index is 109. The van der Waals surface area contributed by atoms with Crippen LogP contribution >= 0.6 is 0 Å². The van der Waals surface area contributed by atoms with Gasteiger partial charge >= 0.3 is 12.8 Å². The molecule has 0 unspecified atom stereocenters. The quantitative estimate of drug-likeness (QED) is 0.308. The Morgan fingerprint density at radius 1 is 2.00 bits per heavy atom. The maximum absolute atomic E-state index is 3.90. The molecule has 1 heterocycles. The zero-order chi connectivity index (χ0) is 4.41. The highest BCUT2D eigenvalue weighted by atomic mass is 15.3. The molecule has 0 aromatic carbocycles. The van der Waals surface area contributed by atoms with Crippen molar-refractivity contribution in [2.45, 2.75) is 6.92 Å². The number of nitrogens with zero attached hydrogens (tertiary/aromatic N) is 2. The van der Waals surface area contributed by atoms with Crippen molar-refractivity contribution < 1.29 is 9.49 Å². The van der Waals surface area contributed by atoms with Crippen molar-refractivity contribution >= 4 is 6.21 Å². The molecule has 0 saturated carbocycles. The molecule has 1 aliphatic heterocycles. The Kier molecular flexibility index (Phi) is 0.731. The molecule has 0 aromatic heterocycles.